The van der Waals surface area contributed by atoms with Crippen LogP contribution >= 0.6 is 0 Å². The number of hydrogen-bond acceptors (Lipinski definition) is 2. The minimum atomic E-state index is -1.03. The first-order valence-electron chi connectivity index (χ1n) is 5.15. The lowest BCUT2D eigenvalue weighted by molar-refractivity contribution is 0.0665. The molecule has 1 aromatic heterocycles. The zero-order valence-electron chi connectivity index (χ0n) is 9.57. The Kier molecular flexibility index (Phi) is 2.26. The third kappa shape index (κ3) is 1.81. The molecule has 3 nitrogen and oxygen atoms in total. The van der Waals surface area contributed by atoms with Crippen LogP contribution in [-0.4, -0.2) is 11.1 Å². The average Bonchev–Trinajstić information content (AvgIpc) is 2.58. The number of aromatic carboxylic acids is 1. The van der Waals surface area contributed by atoms with Gasteiger partial charge in [0.2, 0.25) is 5.76 Å². The Morgan fingerprint density at radius 1 is 1.25 bits per heavy atom. The van der Waals surface area contributed by atoms with Crippen molar-refractivity contribution in [3.05, 3.63) is 35.6 Å². The van der Waals surface area contributed by atoms with E-state index < -0.39 is 5.97 Å². The Hall–Kier alpha value is -1.77. The van der Waals surface area contributed by atoms with E-state index in [-0.39, 0.29) is 11.2 Å². The predicted molar refractivity (Wildman–Crippen MR) is 61.9 cm³/mol. The molecule has 0 aliphatic heterocycles. The largest absolute Gasteiger partial charge is 0.475 e. The Morgan fingerprint density at radius 3 is 2.50 bits per heavy atom. The van der Waals surface area contributed by atoms with E-state index in [0.717, 1.165) is 10.9 Å². The monoisotopic (exact) mass is 218 g/mol. The molecule has 0 saturated carbocycles. The van der Waals surface area contributed by atoms with Crippen LogP contribution in [0.15, 0.2) is 28.7 Å². The molecule has 0 spiro atoms. The Bertz CT molecular complexity index is 544. The third-order valence-corrected chi connectivity index (χ3v) is 2.59. The number of hydrogen-bond donors (Lipinski definition) is 1. The maximum atomic E-state index is 10.8. The van der Waals surface area contributed by atoms with Crippen molar-refractivity contribution < 1.29 is 14.3 Å². The molecule has 0 atom stereocenters. The summed E-state index contributed by atoms with van der Waals surface area (Å²) in [7, 11) is 0. The van der Waals surface area contributed by atoms with Gasteiger partial charge in [-0.2, -0.15) is 0 Å². The van der Waals surface area contributed by atoms with E-state index >= 15 is 0 Å². The second-order valence-corrected chi connectivity index (χ2v) is 4.92. The van der Waals surface area contributed by atoms with Gasteiger partial charge in [-0.05, 0) is 29.2 Å². The van der Waals surface area contributed by atoms with Crippen LogP contribution in [0.4, 0.5) is 0 Å². The number of fused-ring (bicyclic) bond motifs is 1. The van der Waals surface area contributed by atoms with E-state index in [1.54, 1.807) is 6.07 Å². The fourth-order valence-corrected chi connectivity index (χ4v) is 1.62. The fourth-order valence-electron chi connectivity index (χ4n) is 1.62. The molecule has 2 rings (SSSR count). The zero-order valence-corrected chi connectivity index (χ0v) is 9.57. The van der Waals surface area contributed by atoms with Crippen LogP contribution in [0.3, 0.4) is 0 Å². The second-order valence-electron chi connectivity index (χ2n) is 4.92. The number of rotatable bonds is 1. The maximum absolute atomic E-state index is 10.8. The number of furan rings is 1. The molecular formula is C13H14O3. The van der Waals surface area contributed by atoms with Crippen LogP contribution in [0.25, 0.3) is 11.0 Å². The molecule has 0 unspecified atom stereocenters. The summed E-state index contributed by atoms with van der Waals surface area (Å²) in [4.78, 5) is 10.8. The molecule has 2 aromatic rings. The van der Waals surface area contributed by atoms with E-state index in [9.17, 15) is 4.79 Å². The Morgan fingerprint density at radius 2 is 1.94 bits per heavy atom. The van der Waals surface area contributed by atoms with Crippen molar-refractivity contribution in [3.63, 3.8) is 0 Å². The minimum absolute atomic E-state index is 0.0129. The highest BCUT2D eigenvalue weighted by atomic mass is 16.4. The molecule has 0 amide bonds. The van der Waals surface area contributed by atoms with E-state index in [1.165, 1.54) is 0 Å². The van der Waals surface area contributed by atoms with Crippen LogP contribution in [0.5, 0.6) is 0 Å². The molecule has 0 saturated heterocycles. The highest BCUT2D eigenvalue weighted by Crippen LogP contribution is 2.27. The molecule has 1 heterocycles. The van der Waals surface area contributed by atoms with E-state index in [1.807, 2.05) is 18.2 Å². The smallest absolute Gasteiger partial charge is 0.371 e. The summed E-state index contributed by atoms with van der Waals surface area (Å²) in [6.07, 6.45) is 0. The van der Waals surface area contributed by atoms with Crippen molar-refractivity contribution in [2.24, 2.45) is 0 Å². The van der Waals surface area contributed by atoms with Crippen molar-refractivity contribution in [1.82, 2.24) is 0 Å². The minimum Gasteiger partial charge on any atom is -0.475 e. The first kappa shape index (κ1) is 10.7. The summed E-state index contributed by atoms with van der Waals surface area (Å²) in [5.74, 6) is -1.05. The Balaban J connectivity index is 2.58. The third-order valence-electron chi connectivity index (χ3n) is 2.59. The molecule has 0 aliphatic rings. The van der Waals surface area contributed by atoms with Crippen molar-refractivity contribution in [2.45, 2.75) is 26.2 Å². The van der Waals surface area contributed by atoms with Gasteiger partial charge in [0.25, 0.3) is 0 Å². The molecule has 3 heteroatoms. The molecule has 0 bridgehead atoms. The van der Waals surface area contributed by atoms with Crippen LogP contribution in [0.2, 0.25) is 0 Å². The van der Waals surface area contributed by atoms with Crippen molar-refractivity contribution in [3.8, 4) is 0 Å². The number of benzene rings is 1. The summed E-state index contributed by atoms with van der Waals surface area (Å²) in [6.45, 7) is 6.35. The van der Waals surface area contributed by atoms with Crippen molar-refractivity contribution in [1.29, 1.82) is 0 Å². The SMILES string of the molecule is CC(C)(C)c1ccc2oc(C(=O)O)cc2c1. The van der Waals surface area contributed by atoms with Gasteiger partial charge in [0.05, 0.1) is 0 Å². The van der Waals surface area contributed by atoms with Crippen LogP contribution < -0.4 is 0 Å². The first-order chi connectivity index (χ1) is 7.38. The molecule has 1 N–H and O–H groups in total. The van der Waals surface area contributed by atoms with Crippen molar-refractivity contribution in [2.75, 3.05) is 0 Å². The average molecular weight is 218 g/mol. The normalized spacial score (nSPS) is 11.9. The lowest BCUT2D eigenvalue weighted by Gasteiger charge is -2.18. The lowest BCUT2D eigenvalue weighted by Crippen LogP contribution is -2.10. The summed E-state index contributed by atoms with van der Waals surface area (Å²) >= 11 is 0. The quantitative estimate of drug-likeness (QED) is 0.797. The van der Waals surface area contributed by atoms with Gasteiger partial charge < -0.3 is 9.52 Å². The maximum Gasteiger partial charge on any atom is 0.371 e. The van der Waals surface area contributed by atoms with Crippen molar-refractivity contribution >= 4 is 16.9 Å². The van der Waals surface area contributed by atoms with Gasteiger partial charge in [-0.15, -0.1) is 0 Å². The molecule has 0 fully saturated rings. The van der Waals surface area contributed by atoms with Crippen LogP contribution in [0, 0.1) is 0 Å². The molecule has 1 aromatic carbocycles. The van der Waals surface area contributed by atoms with E-state index in [2.05, 4.69) is 20.8 Å². The fraction of sp³-hybridized carbons (Fsp3) is 0.308. The van der Waals surface area contributed by atoms with Crippen LogP contribution in [0.1, 0.15) is 36.9 Å². The summed E-state index contributed by atoms with van der Waals surface area (Å²) < 4.78 is 5.20. The summed E-state index contributed by atoms with van der Waals surface area (Å²) in [5, 5.41) is 9.66. The van der Waals surface area contributed by atoms with Gasteiger partial charge in [-0.25, -0.2) is 4.79 Å². The highest BCUT2D eigenvalue weighted by molar-refractivity contribution is 5.91. The zero-order chi connectivity index (χ0) is 11.9. The lowest BCUT2D eigenvalue weighted by atomic mass is 9.86. The van der Waals surface area contributed by atoms with Gasteiger partial charge in [-0.1, -0.05) is 26.8 Å². The number of carboxylic acid groups (broad SMARTS) is 1. The topological polar surface area (TPSA) is 50.4 Å². The molecule has 0 aliphatic carbocycles. The van der Waals surface area contributed by atoms with E-state index in [0.29, 0.717) is 5.58 Å². The second kappa shape index (κ2) is 3.37. The first-order valence-corrected chi connectivity index (χ1v) is 5.15. The standard InChI is InChI=1S/C13H14O3/c1-13(2,3)9-4-5-10-8(6-9)7-11(16-10)12(14)15/h4-7H,1-3H3,(H,14,15). The molecule has 0 radical (unpaired) electrons. The van der Waals surface area contributed by atoms with Crippen LogP contribution in [-0.2, 0) is 5.41 Å². The summed E-state index contributed by atoms with van der Waals surface area (Å²) in [5.41, 5.74) is 1.83. The number of carbonyl (C=O) groups is 1. The van der Waals surface area contributed by atoms with Gasteiger partial charge >= 0.3 is 5.97 Å². The van der Waals surface area contributed by atoms with Gasteiger partial charge in [0.15, 0.2) is 0 Å². The summed E-state index contributed by atoms with van der Waals surface area (Å²) in [6, 6.07) is 7.33. The number of carboxylic acids is 1. The molecule has 16 heavy (non-hydrogen) atoms. The Labute approximate surface area is 93.7 Å². The molecular weight excluding hydrogens is 204 g/mol. The van der Waals surface area contributed by atoms with Gasteiger partial charge in [-0.3, -0.25) is 0 Å². The van der Waals surface area contributed by atoms with E-state index in [4.69, 9.17) is 9.52 Å². The highest BCUT2D eigenvalue weighted by Gasteiger charge is 2.16. The van der Waals surface area contributed by atoms with Gasteiger partial charge in [0, 0.05) is 5.39 Å². The molecule has 84 valence electrons. The predicted octanol–water partition coefficient (Wildman–Crippen LogP) is 3.43. The van der Waals surface area contributed by atoms with Gasteiger partial charge in [0.1, 0.15) is 5.58 Å².